The highest BCUT2D eigenvalue weighted by molar-refractivity contribution is 9.10. The van der Waals surface area contributed by atoms with Crippen LogP contribution in [0.1, 0.15) is 10.5 Å². The van der Waals surface area contributed by atoms with Gasteiger partial charge < -0.3 is 5.11 Å². The molecule has 0 aliphatic carbocycles. The van der Waals surface area contributed by atoms with E-state index in [0.717, 1.165) is 4.47 Å². The fourth-order valence-corrected chi connectivity index (χ4v) is 2.14. The molecule has 0 fully saturated rings. The maximum absolute atomic E-state index is 11.0. The number of benzene rings is 1. The number of aromatic carboxylic acids is 1. The molecule has 0 aliphatic heterocycles. The van der Waals surface area contributed by atoms with Gasteiger partial charge in [-0.1, -0.05) is 12.1 Å². The third-order valence-corrected chi connectivity index (χ3v) is 3.04. The number of rotatable bonds is 2. The van der Waals surface area contributed by atoms with E-state index in [4.69, 9.17) is 5.11 Å². The number of aromatic nitrogens is 2. The van der Waals surface area contributed by atoms with E-state index in [-0.39, 0.29) is 5.69 Å². The molecule has 2 aromatic rings. The van der Waals surface area contributed by atoms with Crippen LogP contribution in [0, 0.1) is 0 Å². The summed E-state index contributed by atoms with van der Waals surface area (Å²) in [5.41, 5.74) is 0.796. The first-order valence-electron chi connectivity index (χ1n) is 4.33. The first-order valence-corrected chi connectivity index (χ1v) is 5.92. The molecule has 82 valence electrons. The zero-order valence-corrected chi connectivity index (χ0v) is 11.1. The summed E-state index contributed by atoms with van der Waals surface area (Å²) in [4.78, 5) is 11.0. The predicted molar refractivity (Wildman–Crippen MR) is 65.9 cm³/mol. The topological polar surface area (TPSA) is 55.1 Å². The smallest absolute Gasteiger partial charge is 0.354 e. The van der Waals surface area contributed by atoms with Crippen LogP contribution in [0.2, 0.25) is 0 Å². The van der Waals surface area contributed by atoms with E-state index in [1.807, 2.05) is 18.2 Å². The Morgan fingerprint density at radius 1 is 1.31 bits per heavy atom. The molecule has 0 saturated heterocycles. The highest BCUT2D eigenvalue weighted by Gasteiger charge is 2.15. The van der Waals surface area contributed by atoms with Crippen molar-refractivity contribution in [3.05, 3.63) is 45.1 Å². The van der Waals surface area contributed by atoms with Crippen LogP contribution in [0.5, 0.6) is 0 Å². The van der Waals surface area contributed by atoms with Crippen molar-refractivity contribution in [1.82, 2.24) is 9.78 Å². The van der Waals surface area contributed by atoms with Gasteiger partial charge in [-0.05, 0) is 44.0 Å². The maximum atomic E-state index is 11.0. The van der Waals surface area contributed by atoms with Crippen LogP contribution in [-0.2, 0) is 0 Å². The molecular formula is C10H6Br2N2O2. The second-order valence-corrected chi connectivity index (χ2v) is 4.69. The van der Waals surface area contributed by atoms with Gasteiger partial charge in [0.15, 0.2) is 5.69 Å². The Balaban J connectivity index is 2.64. The van der Waals surface area contributed by atoms with Gasteiger partial charge in [0.05, 0.1) is 5.69 Å². The monoisotopic (exact) mass is 344 g/mol. The van der Waals surface area contributed by atoms with E-state index in [0.29, 0.717) is 10.3 Å². The van der Waals surface area contributed by atoms with Gasteiger partial charge in [0.2, 0.25) is 0 Å². The molecule has 0 amide bonds. The summed E-state index contributed by atoms with van der Waals surface area (Å²) in [6, 6.07) is 8.75. The summed E-state index contributed by atoms with van der Waals surface area (Å²) in [6.07, 6.45) is 0. The number of halogens is 2. The van der Waals surface area contributed by atoms with Gasteiger partial charge in [-0.15, -0.1) is 0 Å². The number of carboxylic acid groups (broad SMARTS) is 1. The van der Waals surface area contributed by atoms with Crippen LogP contribution >= 0.6 is 31.9 Å². The summed E-state index contributed by atoms with van der Waals surface area (Å²) < 4.78 is 2.64. The highest BCUT2D eigenvalue weighted by Crippen LogP contribution is 2.23. The average molecular weight is 346 g/mol. The van der Waals surface area contributed by atoms with Gasteiger partial charge in [0.1, 0.15) is 4.60 Å². The largest absolute Gasteiger partial charge is 0.477 e. The zero-order valence-electron chi connectivity index (χ0n) is 7.89. The summed E-state index contributed by atoms with van der Waals surface area (Å²) >= 11 is 6.52. The lowest BCUT2D eigenvalue weighted by Gasteiger charge is -2.05. The molecule has 0 spiro atoms. The van der Waals surface area contributed by atoms with Crippen LogP contribution in [0.4, 0.5) is 0 Å². The van der Waals surface area contributed by atoms with Gasteiger partial charge in [0, 0.05) is 10.5 Å². The summed E-state index contributed by atoms with van der Waals surface area (Å²) in [7, 11) is 0. The number of nitrogens with zero attached hydrogens (tertiary/aromatic N) is 2. The fraction of sp³-hybridized carbons (Fsp3) is 0. The molecule has 0 saturated carbocycles. The van der Waals surface area contributed by atoms with E-state index >= 15 is 0 Å². The molecule has 1 aromatic heterocycles. The number of hydrogen-bond donors (Lipinski definition) is 1. The Kier molecular flexibility index (Phi) is 3.11. The van der Waals surface area contributed by atoms with Crippen molar-refractivity contribution >= 4 is 37.8 Å². The second-order valence-electron chi connectivity index (χ2n) is 3.02. The van der Waals surface area contributed by atoms with Crippen molar-refractivity contribution in [2.24, 2.45) is 0 Å². The zero-order chi connectivity index (χ0) is 11.7. The molecule has 4 nitrogen and oxygen atoms in total. The van der Waals surface area contributed by atoms with E-state index in [1.54, 1.807) is 6.07 Å². The SMILES string of the molecule is O=C(O)c1cc(Br)nn1-c1ccccc1Br. The van der Waals surface area contributed by atoms with Crippen LogP contribution in [0.25, 0.3) is 5.69 Å². The fourth-order valence-electron chi connectivity index (χ4n) is 1.31. The number of carboxylic acids is 1. The summed E-state index contributed by atoms with van der Waals surface area (Å²) in [6.45, 7) is 0. The van der Waals surface area contributed by atoms with Crippen LogP contribution in [0.15, 0.2) is 39.4 Å². The molecule has 0 atom stereocenters. The van der Waals surface area contributed by atoms with Gasteiger partial charge in [0.25, 0.3) is 0 Å². The van der Waals surface area contributed by atoms with Crippen molar-refractivity contribution in [3.63, 3.8) is 0 Å². The molecule has 1 heterocycles. The van der Waals surface area contributed by atoms with E-state index in [1.165, 1.54) is 10.7 Å². The summed E-state index contributed by atoms with van der Waals surface area (Å²) in [5.74, 6) is -1.02. The molecule has 0 aliphatic rings. The van der Waals surface area contributed by atoms with Crippen molar-refractivity contribution in [3.8, 4) is 5.69 Å². The average Bonchev–Trinajstić information content (AvgIpc) is 2.61. The first-order chi connectivity index (χ1) is 7.59. The highest BCUT2D eigenvalue weighted by atomic mass is 79.9. The van der Waals surface area contributed by atoms with Gasteiger partial charge in [-0.25, -0.2) is 9.48 Å². The van der Waals surface area contributed by atoms with Crippen LogP contribution in [-0.4, -0.2) is 20.9 Å². The quantitative estimate of drug-likeness (QED) is 0.909. The van der Waals surface area contributed by atoms with E-state index < -0.39 is 5.97 Å². The van der Waals surface area contributed by atoms with Gasteiger partial charge in [-0.2, -0.15) is 5.10 Å². The van der Waals surface area contributed by atoms with Crippen LogP contribution < -0.4 is 0 Å². The Morgan fingerprint density at radius 3 is 2.62 bits per heavy atom. The number of hydrogen-bond acceptors (Lipinski definition) is 2. The van der Waals surface area contributed by atoms with Crippen molar-refractivity contribution in [1.29, 1.82) is 0 Å². The molecule has 0 bridgehead atoms. The standard InChI is InChI=1S/C10H6Br2N2O2/c11-6-3-1-2-4-7(6)14-8(10(15)16)5-9(12)13-14/h1-5H,(H,15,16). The van der Waals surface area contributed by atoms with Crippen molar-refractivity contribution < 1.29 is 9.90 Å². The second kappa shape index (κ2) is 4.39. The third kappa shape index (κ3) is 2.03. The third-order valence-electron chi connectivity index (χ3n) is 1.98. The molecule has 1 aromatic carbocycles. The first kappa shape index (κ1) is 11.3. The lowest BCUT2D eigenvalue weighted by Crippen LogP contribution is -2.08. The molecule has 16 heavy (non-hydrogen) atoms. The van der Waals surface area contributed by atoms with Gasteiger partial charge >= 0.3 is 5.97 Å². The lowest BCUT2D eigenvalue weighted by atomic mass is 10.3. The van der Waals surface area contributed by atoms with Gasteiger partial charge in [-0.3, -0.25) is 0 Å². The van der Waals surface area contributed by atoms with E-state index in [9.17, 15) is 4.79 Å². The lowest BCUT2D eigenvalue weighted by molar-refractivity contribution is 0.0687. The summed E-state index contributed by atoms with van der Waals surface area (Å²) in [5, 5.41) is 13.1. The predicted octanol–water partition coefficient (Wildman–Crippen LogP) is 3.10. The molecule has 2 rings (SSSR count). The Labute approximate surface area is 108 Å². The minimum absolute atomic E-state index is 0.110. The minimum Gasteiger partial charge on any atom is -0.477 e. The normalized spacial score (nSPS) is 10.4. The van der Waals surface area contributed by atoms with E-state index in [2.05, 4.69) is 37.0 Å². The maximum Gasteiger partial charge on any atom is 0.354 e. The molecular weight excluding hydrogens is 340 g/mol. The number of carbonyl (C=O) groups is 1. The molecule has 0 unspecified atom stereocenters. The Bertz CT molecular complexity index is 552. The molecule has 6 heteroatoms. The van der Waals surface area contributed by atoms with Crippen molar-refractivity contribution in [2.75, 3.05) is 0 Å². The number of para-hydroxylation sites is 1. The molecule has 0 radical (unpaired) electrons. The van der Waals surface area contributed by atoms with Crippen molar-refractivity contribution in [2.45, 2.75) is 0 Å². The van der Waals surface area contributed by atoms with Crippen LogP contribution in [0.3, 0.4) is 0 Å². The Hall–Kier alpha value is -1.14. The molecule has 1 N–H and O–H groups in total. The Morgan fingerprint density at radius 2 is 2.00 bits per heavy atom. The minimum atomic E-state index is -1.02.